The van der Waals surface area contributed by atoms with Crippen LogP contribution in [-0.4, -0.2) is 10.3 Å². The van der Waals surface area contributed by atoms with Crippen LogP contribution in [0.15, 0.2) is 234 Å². The maximum absolute atomic E-state index is 7.26. The number of fused-ring (bicyclic) bond motifs is 9. The standard InChI is InChI=1S/C62H42N2O/c1-40(42-25-29-46(30-26-42)44-15-5-3-6-16-44)37-56(63-41(2)43-27-31-47(32-28-43)45-17-7-4-8-18-45)53-35-36-58(60-54-34-33-48-19-11-12-22-51(48)61(54)65-62(53)60)64-57-24-14-13-23-52(57)55-38-49-20-9-10-21-50(49)39-59(55)64/h3-36,38-39H,1-2H3. The maximum atomic E-state index is 7.26. The Morgan fingerprint density at radius 1 is 0.431 bits per heavy atom. The first-order valence-corrected chi connectivity index (χ1v) is 22.2. The van der Waals surface area contributed by atoms with Gasteiger partial charge in [-0.2, -0.15) is 0 Å². The van der Waals surface area contributed by atoms with E-state index in [0.29, 0.717) is 5.70 Å². The van der Waals surface area contributed by atoms with E-state index in [-0.39, 0.29) is 0 Å². The molecule has 0 bridgehead atoms. The molecular weight excluding hydrogens is 789 g/mol. The Kier molecular flexibility index (Phi) is 9.23. The number of aromatic nitrogens is 1. The van der Waals surface area contributed by atoms with Crippen molar-refractivity contribution in [2.75, 3.05) is 0 Å². The minimum atomic E-state index is 0.701. The molecule has 3 nitrogen and oxygen atoms in total. The summed E-state index contributed by atoms with van der Waals surface area (Å²) in [6.45, 7) is 4.21. The molecule has 0 fully saturated rings. The summed E-state index contributed by atoms with van der Waals surface area (Å²) in [5, 5.41) is 9.12. The van der Waals surface area contributed by atoms with Crippen molar-refractivity contribution < 1.29 is 4.42 Å². The van der Waals surface area contributed by atoms with Gasteiger partial charge in [-0.1, -0.05) is 188 Å². The number of para-hydroxylation sites is 1. The van der Waals surface area contributed by atoms with Gasteiger partial charge in [0, 0.05) is 32.8 Å². The fraction of sp³-hybridized carbons (Fsp3) is 0.0323. The summed E-state index contributed by atoms with van der Waals surface area (Å²) in [6, 6.07) is 77.8. The highest BCUT2D eigenvalue weighted by atomic mass is 16.3. The van der Waals surface area contributed by atoms with Gasteiger partial charge in [-0.3, -0.25) is 0 Å². The van der Waals surface area contributed by atoms with E-state index in [1.807, 2.05) is 6.07 Å². The molecule has 0 atom stereocenters. The molecule has 2 aromatic heterocycles. The van der Waals surface area contributed by atoms with Crippen molar-refractivity contribution in [2.24, 2.45) is 4.99 Å². The average Bonchev–Trinajstić information content (AvgIpc) is 3.92. The molecule has 0 saturated carbocycles. The van der Waals surface area contributed by atoms with Crippen molar-refractivity contribution in [3.63, 3.8) is 0 Å². The number of hydrogen-bond donors (Lipinski definition) is 0. The van der Waals surface area contributed by atoms with E-state index in [4.69, 9.17) is 9.41 Å². The molecule has 0 aliphatic carbocycles. The number of allylic oxidation sites excluding steroid dienone is 1. The second-order valence-corrected chi connectivity index (χ2v) is 16.9. The molecule has 65 heavy (non-hydrogen) atoms. The highest BCUT2D eigenvalue weighted by molar-refractivity contribution is 6.21. The lowest BCUT2D eigenvalue weighted by Gasteiger charge is -2.13. The van der Waals surface area contributed by atoms with E-state index in [9.17, 15) is 0 Å². The third-order valence-corrected chi connectivity index (χ3v) is 12.9. The normalized spacial score (nSPS) is 11.9. The van der Waals surface area contributed by atoms with Crippen LogP contribution in [0.2, 0.25) is 0 Å². The van der Waals surface area contributed by atoms with E-state index in [1.54, 1.807) is 0 Å². The van der Waals surface area contributed by atoms with Crippen molar-refractivity contribution in [1.29, 1.82) is 0 Å². The Labute approximate surface area is 377 Å². The fourth-order valence-electron chi connectivity index (χ4n) is 9.59. The van der Waals surface area contributed by atoms with Crippen molar-refractivity contribution in [2.45, 2.75) is 13.8 Å². The molecule has 0 amide bonds. The largest absolute Gasteiger partial charge is 0.455 e. The van der Waals surface area contributed by atoms with Crippen molar-refractivity contribution in [3.8, 4) is 27.9 Å². The lowest BCUT2D eigenvalue weighted by atomic mass is 9.99. The Hall–Kier alpha value is -8.49. The zero-order valence-electron chi connectivity index (χ0n) is 36.1. The van der Waals surface area contributed by atoms with Crippen molar-refractivity contribution >= 4 is 82.3 Å². The van der Waals surface area contributed by atoms with Crippen LogP contribution in [0.3, 0.4) is 0 Å². The SMILES string of the molecule is CC(=C=C(N=C(C)c1ccc(-c2ccccc2)cc1)c1ccc(-n2c3ccccc3c3cc4ccccc4cc32)c2c1oc1c3ccccc3ccc12)c1ccc(-c2ccccc2)cc1. The van der Waals surface area contributed by atoms with Crippen molar-refractivity contribution in [3.05, 3.63) is 241 Å². The minimum Gasteiger partial charge on any atom is -0.455 e. The molecule has 12 rings (SSSR count). The molecule has 306 valence electrons. The van der Waals surface area contributed by atoms with Crippen LogP contribution in [0.5, 0.6) is 0 Å². The molecule has 0 saturated heterocycles. The summed E-state index contributed by atoms with van der Waals surface area (Å²) < 4.78 is 9.69. The monoisotopic (exact) mass is 830 g/mol. The molecule has 10 aromatic carbocycles. The molecular formula is C62H42N2O. The van der Waals surface area contributed by atoms with Crippen LogP contribution in [-0.2, 0) is 0 Å². The smallest absolute Gasteiger partial charge is 0.147 e. The zero-order valence-corrected chi connectivity index (χ0v) is 36.1. The Morgan fingerprint density at radius 3 is 1.69 bits per heavy atom. The van der Waals surface area contributed by atoms with Gasteiger partial charge in [0.05, 0.1) is 27.7 Å². The van der Waals surface area contributed by atoms with Crippen LogP contribution in [0.25, 0.3) is 105 Å². The van der Waals surface area contributed by atoms with E-state index in [0.717, 1.165) is 83.0 Å². The second kappa shape index (κ2) is 15.7. The summed E-state index contributed by atoms with van der Waals surface area (Å²) in [4.78, 5) is 5.49. The van der Waals surface area contributed by atoms with Crippen LogP contribution >= 0.6 is 0 Å². The summed E-state index contributed by atoms with van der Waals surface area (Å²) in [7, 11) is 0. The molecule has 0 aliphatic heterocycles. The summed E-state index contributed by atoms with van der Waals surface area (Å²) in [6.07, 6.45) is 0. The summed E-state index contributed by atoms with van der Waals surface area (Å²) >= 11 is 0. The fourth-order valence-corrected chi connectivity index (χ4v) is 9.59. The summed E-state index contributed by atoms with van der Waals surface area (Å²) in [5.74, 6) is 0. The van der Waals surface area contributed by atoms with Gasteiger partial charge in [-0.05, 0) is 99.8 Å². The van der Waals surface area contributed by atoms with Crippen LogP contribution < -0.4 is 0 Å². The minimum absolute atomic E-state index is 0.701. The van der Waals surface area contributed by atoms with Gasteiger partial charge >= 0.3 is 0 Å². The van der Waals surface area contributed by atoms with Gasteiger partial charge in [-0.25, -0.2) is 4.99 Å². The number of aliphatic imine (C=N–C) groups is 1. The number of rotatable bonds is 7. The van der Waals surface area contributed by atoms with E-state index in [2.05, 4.69) is 236 Å². The first-order valence-electron chi connectivity index (χ1n) is 22.2. The lowest BCUT2D eigenvalue weighted by Crippen LogP contribution is -1.98. The predicted octanol–water partition coefficient (Wildman–Crippen LogP) is 16.9. The van der Waals surface area contributed by atoms with E-state index in [1.165, 1.54) is 38.2 Å². The van der Waals surface area contributed by atoms with Gasteiger partial charge in [0.25, 0.3) is 0 Å². The van der Waals surface area contributed by atoms with Crippen LogP contribution in [0.1, 0.15) is 30.5 Å². The lowest BCUT2D eigenvalue weighted by molar-refractivity contribution is 0.671. The highest BCUT2D eigenvalue weighted by Gasteiger charge is 2.23. The van der Waals surface area contributed by atoms with Gasteiger partial charge in [0.15, 0.2) is 0 Å². The third kappa shape index (κ3) is 6.66. The molecule has 0 radical (unpaired) electrons. The molecule has 12 aromatic rings. The number of hydrogen-bond acceptors (Lipinski definition) is 2. The van der Waals surface area contributed by atoms with Crippen LogP contribution in [0.4, 0.5) is 0 Å². The van der Waals surface area contributed by atoms with E-state index < -0.39 is 0 Å². The average molecular weight is 831 g/mol. The predicted molar refractivity (Wildman–Crippen MR) is 275 cm³/mol. The van der Waals surface area contributed by atoms with Crippen LogP contribution in [0, 0.1) is 0 Å². The number of benzene rings is 10. The zero-order chi connectivity index (χ0) is 43.4. The maximum Gasteiger partial charge on any atom is 0.147 e. The van der Waals surface area contributed by atoms with Gasteiger partial charge in [-0.15, -0.1) is 0 Å². The highest BCUT2D eigenvalue weighted by Crippen LogP contribution is 2.44. The molecule has 3 heteroatoms. The first kappa shape index (κ1) is 38.2. The van der Waals surface area contributed by atoms with Gasteiger partial charge < -0.3 is 8.98 Å². The van der Waals surface area contributed by atoms with Crippen molar-refractivity contribution in [1.82, 2.24) is 4.57 Å². The quantitative estimate of drug-likeness (QED) is 0.116. The molecule has 0 spiro atoms. The number of furan rings is 1. The molecule has 2 heterocycles. The Morgan fingerprint density at radius 2 is 1.00 bits per heavy atom. The Bertz CT molecular complexity index is 3900. The Balaban J connectivity index is 1.12. The number of nitrogens with zero attached hydrogens (tertiary/aromatic N) is 2. The molecule has 0 unspecified atom stereocenters. The third-order valence-electron chi connectivity index (χ3n) is 12.9. The second-order valence-electron chi connectivity index (χ2n) is 16.9. The van der Waals surface area contributed by atoms with E-state index >= 15 is 0 Å². The molecule has 0 aliphatic rings. The van der Waals surface area contributed by atoms with Gasteiger partial charge in [0.2, 0.25) is 0 Å². The summed E-state index contributed by atoms with van der Waals surface area (Å²) in [5.41, 5.74) is 19.0. The van der Waals surface area contributed by atoms with Gasteiger partial charge in [0.1, 0.15) is 16.9 Å². The topological polar surface area (TPSA) is 30.4 Å². The first-order chi connectivity index (χ1) is 32.1. The molecule has 0 N–H and O–H groups in total.